The summed E-state index contributed by atoms with van der Waals surface area (Å²) >= 11 is 0. The third-order valence-electron chi connectivity index (χ3n) is 24.6. The molecule has 0 aromatic heterocycles. The number of allylic oxidation sites excluding steroid dienone is 2. The van der Waals surface area contributed by atoms with Gasteiger partial charge in [0.05, 0.1) is 70.2 Å². The van der Waals surface area contributed by atoms with E-state index in [2.05, 4.69) is 40.7 Å². The molecule has 0 radical (unpaired) electrons. The largest absolute Gasteiger partial charge is 0.432 e. The number of esters is 1. The summed E-state index contributed by atoms with van der Waals surface area (Å²) in [4.78, 5) is 15.7. The monoisotopic (exact) mass is 1350 g/mol. The molecule has 0 aromatic rings. The molecule has 0 aromatic carbocycles. The molecule has 0 bridgehead atoms. The first kappa shape index (κ1) is 73.3. The Morgan fingerprint density at radius 1 is 0.543 bits per heavy atom. The van der Waals surface area contributed by atoms with Crippen LogP contribution in [-0.2, 0) is 61.6 Å². The number of carbonyl (C=O) groups excluding carboxylic acids is 1. The molecule has 6 aliphatic heterocycles. The third kappa shape index (κ3) is 12.0. The summed E-state index contributed by atoms with van der Waals surface area (Å²) in [6.07, 6.45) is -41.2. The molecule has 11 rings (SSSR count). The zero-order valence-electron chi connectivity index (χ0n) is 54.2. The lowest BCUT2D eigenvalue weighted by Gasteiger charge is -2.72. The third-order valence-corrected chi connectivity index (χ3v) is 24.6. The summed E-state index contributed by atoms with van der Waals surface area (Å²) < 4.78 is 71.9. The molecule has 6 heterocycles. The second kappa shape index (κ2) is 26.8. The predicted octanol–water partition coefficient (Wildman–Crippen LogP) is -5.50. The molecule has 0 unspecified atom stereocenters. The van der Waals surface area contributed by atoms with Crippen molar-refractivity contribution in [2.75, 3.05) is 39.6 Å². The maximum absolute atomic E-state index is 15.7. The minimum Gasteiger partial charge on any atom is -0.432 e. The summed E-state index contributed by atoms with van der Waals surface area (Å²) in [5, 5.41) is 200. The van der Waals surface area contributed by atoms with Crippen LogP contribution in [0.4, 0.5) is 0 Å². The number of aliphatic hydroxyl groups is 18. The zero-order valence-corrected chi connectivity index (χ0v) is 54.2. The molecule has 0 amide bonds. The molecule has 6 saturated heterocycles. The second-order valence-corrected chi connectivity index (χ2v) is 30.8. The number of rotatable bonds is 15. The van der Waals surface area contributed by atoms with Gasteiger partial charge in [-0.1, -0.05) is 53.2 Å². The number of hydrogen-bond acceptors (Lipinski definition) is 31. The van der Waals surface area contributed by atoms with Gasteiger partial charge in [0, 0.05) is 5.41 Å². The van der Waals surface area contributed by atoms with Crippen LogP contribution >= 0.6 is 0 Å². The van der Waals surface area contributed by atoms with E-state index in [4.69, 9.17) is 56.8 Å². The minimum atomic E-state index is -2.25. The van der Waals surface area contributed by atoms with Crippen molar-refractivity contribution < 1.29 is 154 Å². The second-order valence-electron chi connectivity index (χ2n) is 30.8. The van der Waals surface area contributed by atoms with Gasteiger partial charge in [0.25, 0.3) is 0 Å². The fourth-order valence-electron chi connectivity index (χ4n) is 18.8. The van der Waals surface area contributed by atoms with Crippen molar-refractivity contribution in [3.05, 3.63) is 11.6 Å². The average molecular weight is 1360 g/mol. The number of aliphatic hydroxyl groups excluding tert-OH is 17. The van der Waals surface area contributed by atoms with Crippen LogP contribution in [0.15, 0.2) is 11.6 Å². The van der Waals surface area contributed by atoms with E-state index in [9.17, 15) is 91.9 Å². The topological polar surface area (TPSA) is 492 Å². The fraction of sp³-hybridized carbons (Fsp3) is 0.952. The molecule has 5 aliphatic carbocycles. The van der Waals surface area contributed by atoms with Crippen molar-refractivity contribution in [2.45, 2.75) is 284 Å². The summed E-state index contributed by atoms with van der Waals surface area (Å²) in [7, 11) is 0. The lowest BCUT2D eigenvalue weighted by molar-refractivity contribution is -0.387. The van der Waals surface area contributed by atoms with E-state index in [1.54, 1.807) is 0 Å². The van der Waals surface area contributed by atoms with E-state index in [0.29, 0.717) is 32.1 Å². The predicted molar refractivity (Wildman–Crippen MR) is 311 cm³/mol. The van der Waals surface area contributed by atoms with E-state index < -0.39 is 256 Å². The van der Waals surface area contributed by atoms with Gasteiger partial charge in [-0.3, -0.25) is 4.79 Å². The first-order chi connectivity index (χ1) is 44.0. The quantitative estimate of drug-likeness (QED) is 0.0413. The Hall–Kier alpha value is -1.95. The molecule has 0 spiro atoms. The highest BCUT2D eigenvalue weighted by atomic mass is 16.8. The van der Waals surface area contributed by atoms with Crippen LogP contribution in [0.25, 0.3) is 0 Å². The molecule has 11 aliphatic rings. The zero-order chi connectivity index (χ0) is 68.6. The van der Waals surface area contributed by atoms with E-state index in [1.165, 1.54) is 13.8 Å². The summed E-state index contributed by atoms with van der Waals surface area (Å²) in [6, 6.07) is 0. The van der Waals surface area contributed by atoms with Gasteiger partial charge in [-0.25, -0.2) is 0 Å². The van der Waals surface area contributed by atoms with Crippen molar-refractivity contribution in [2.24, 2.45) is 50.2 Å². The van der Waals surface area contributed by atoms with Gasteiger partial charge in [0.1, 0.15) is 109 Å². The van der Waals surface area contributed by atoms with Crippen LogP contribution in [0.1, 0.15) is 107 Å². The Bertz CT molecular complexity index is 2680. The molecule has 31 nitrogen and oxygen atoms in total. The lowest BCUT2D eigenvalue weighted by Crippen LogP contribution is -2.70. The highest BCUT2D eigenvalue weighted by molar-refractivity contribution is 5.80. The van der Waals surface area contributed by atoms with Crippen LogP contribution in [0.5, 0.6) is 0 Å². The van der Waals surface area contributed by atoms with Gasteiger partial charge in [0.15, 0.2) is 37.6 Å². The van der Waals surface area contributed by atoms with Gasteiger partial charge in [-0.2, -0.15) is 0 Å². The number of fused-ring (bicyclic) bond motifs is 7. The Kier molecular flexibility index (Phi) is 20.9. The Morgan fingerprint density at radius 2 is 1.14 bits per heavy atom. The van der Waals surface area contributed by atoms with Gasteiger partial charge < -0.3 is 149 Å². The van der Waals surface area contributed by atoms with Crippen molar-refractivity contribution in [3.8, 4) is 0 Å². The van der Waals surface area contributed by atoms with Crippen molar-refractivity contribution >= 4 is 5.97 Å². The minimum absolute atomic E-state index is 0.0808. The number of hydrogen-bond donors (Lipinski definition) is 18. The average Bonchev–Trinajstić information content (AvgIpc) is 0.702. The molecule has 540 valence electrons. The SMILES string of the molecule is C[C@@H]1O[C@@H](O[C@H]2[C@H](O)[C@H](O[C@@H]3[C@@H](O[C@@H]4OC[C@](O)(CO)[C@H]4O)[C@@H](O)[C@H](O[C@H]4[C@@H](OC(=O)[C@]56CCC(C)(C)C[C@H]5C5=CC[C@@H]7[C@@]8(C)C[C@H](O)[C@H](O[C@@H]9O[C@H](CO)[C@@H](O)[C@H](O)[C@H]9O)[C@@](C)(CO)[C@@H]8CC[C@@]7(C)[C@]5(C)C[C@H]6O)OC[C@@H](O)[C@@H]4O)O[C@H]3C)OC[C@@H]2O)[C@H](O)[C@H](O)[C@H]1O. The molecule has 94 heavy (non-hydrogen) atoms. The molecule has 4 saturated carbocycles. The van der Waals surface area contributed by atoms with Gasteiger partial charge in [0.2, 0.25) is 6.29 Å². The van der Waals surface area contributed by atoms with Crippen LogP contribution in [-0.4, -0.2) is 315 Å². The van der Waals surface area contributed by atoms with E-state index in [-0.39, 0.29) is 36.5 Å². The highest BCUT2D eigenvalue weighted by Gasteiger charge is 2.73. The summed E-state index contributed by atoms with van der Waals surface area (Å²) in [5.74, 6) is -2.01. The van der Waals surface area contributed by atoms with E-state index >= 15 is 4.79 Å². The van der Waals surface area contributed by atoms with Crippen LogP contribution in [0.3, 0.4) is 0 Å². The molecule has 18 N–H and O–H groups in total. The van der Waals surface area contributed by atoms with Crippen molar-refractivity contribution in [3.63, 3.8) is 0 Å². The normalized spacial score (nSPS) is 55.9. The summed E-state index contributed by atoms with van der Waals surface area (Å²) in [6.45, 7) is 11.3. The summed E-state index contributed by atoms with van der Waals surface area (Å²) in [5.41, 5.74) is -6.53. The van der Waals surface area contributed by atoms with Gasteiger partial charge in [-0.05, 0) is 105 Å². The Labute approximate surface area is 543 Å². The van der Waals surface area contributed by atoms with Crippen LogP contribution in [0.2, 0.25) is 0 Å². The van der Waals surface area contributed by atoms with Crippen LogP contribution in [0, 0.1) is 50.2 Å². The maximum Gasteiger partial charge on any atom is 0.317 e. The Morgan fingerprint density at radius 3 is 1.80 bits per heavy atom. The van der Waals surface area contributed by atoms with Crippen molar-refractivity contribution in [1.82, 2.24) is 0 Å². The number of ether oxygens (including phenoxy) is 12. The molecule has 37 atom stereocenters. The highest BCUT2D eigenvalue weighted by Crippen LogP contribution is 2.76. The van der Waals surface area contributed by atoms with Crippen molar-refractivity contribution in [1.29, 1.82) is 0 Å². The molecular weight excluding hydrogens is 1250 g/mol. The van der Waals surface area contributed by atoms with Crippen LogP contribution < -0.4 is 0 Å². The standard InChI is InChI=1S/C63H102O31/c1-24-35(71)38(74)40(76)51(86-24)90-45-30(69)20-83-50(42(45)78)89-44-25(2)87-53(43(79)46(44)91-55-48(80)62(82,22-66)23-85-55)92-47-36(72)29(68)19-84-54(47)94-56(81)63-14-13-57(3,4)15-27(63)26-9-10-33-58(5)16-28(67)49(93-52-41(77)39(75)37(73)31(18-64)88-52)59(6,21-65)32(58)11-12-60(33,7)61(26,8)17-34(63)70/h9,24-25,27-55,64-80,82H,10-23H2,1-8H3/t24-,25-,27-,28-,29+,30-,31+,32+,33+,34+,35-,36-,37+,38+,39-,40+,41+,42-,43+,44-,45+,46-,47+,48-,49-,50-,51-,52-,53-,54+,55-,58-,59-,60+,61+,62+,63+/m0/s1. The molecular formula is C63H102O31. The first-order valence-corrected chi connectivity index (χ1v) is 33.1. The maximum atomic E-state index is 15.7. The fourth-order valence-corrected chi connectivity index (χ4v) is 18.8. The molecule has 10 fully saturated rings. The number of carbonyl (C=O) groups is 1. The van der Waals surface area contributed by atoms with E-state index in [1.807, 2.05) is 6.92 Å². The lowest BCUT2D eigenvalue weighted by atomic mass is 9.33. The first-order valence-electron chi connectivity index (χ1n) is 33.1. The van der Waals surface area contributed by atoms with Gasteiger partial charge >= 0.3 is 5.97 Å². The van der Waals surface area contributed by atoms with Gasteiger partial charge in [-0.15, -0.1) is 0 Å². The molecule has 31 heteroatoms. The smallest absolute Gasteiger partial charge is 0.317 e. The Balaban J connectivity index is 0.842. The van der Waals surface area contributed by atoms with E-state index in [0.717, 1.165) is 5.57 Å².